The van der Waals surface area contributed by atoms with Crippen LogP contribution in [-0.2, 0) is 23.7 Å². The number of rotatable bonds is 9. The molecule has 3 aromatic carbocycles. The molecule has 0 bridgehead atoms. The summed E-state index contributed by atoms with van der Waals surface area (Å²) in [6.45, 7) is 6.44. The molecular formula is C37H39Cl2N5O7S. The van der Waals surface area contributed by atoms with Gasteiger partial charge in [0.2, 0.25) is 5.88 Å². The van der Waals surface area contributed by atoms with Crippen LogP contribution in [0.25, 0.3) is 10.9 Å². The summed E-state index contributed by atoms with van der Waals surface area (Å²) >= 11 is 12.1. The van der Waals surface area contributed by atoms with Crippen LogP contribution < -0.4 is 14.4 Å². The molecule has 15 heteroatoms. The number of hydrogen-bond donors (Lipinski definition) is 1. The summed E-state index contributed by atoms with van der Waals surface area (Å²) in [6.07, 6.45) is 2.29. The Kier molecular flexibility index (Phi) is 12.4. The Hall–Kier alpha value is -4.66. The number of benzene rings is 3. The average molecular weight is 769 g/mol. The number of amides is 2. The van der Waals surface area contributed by atoms with Gasteiger partial charge in [-0.15, -0.1) is 0 Å². The third-order valence-electron chi connectivity index (χ3n) is 8.33. The van der Waals surface area contributed by atoms with Crippen LogP contribution in [0.1, 0.15) is 33.3 Å². The van der Waals surface area contributed by atoms with E-state index in [1.165, 1.54) is 10.5 Å². The number of carbonyl (C=O) groups excluding carboxylic acids is 2. The number of piperazine rings is 1. The quantitative estimate of drug-likeness (QED) is 0.161. The lowest BCUT2D eigenvalue weighted by Gasteiger charge is -2.34. The minimum atomic E-state index is -3.67. The maximum absolute atomic E-state index is 13.6. The molecule has 6 rings (SSSR count). The van der Waals surface area contributed by atoms with Gasteiger partial charge in [0.1, 0.15) is 17.2 Å². The molecule has 1 aliphatic heterocycles. The number of pyridine rings is 1. The normalized spacial score (nSPS) is 13.3. The van der Waals surface area contributed by atoms with Crippen LogP contribution in [0.15, 0.2) is 85.1 Å². The van der Waals surface area contributed by atoms with E-state index in [9.17, 15) is 18.0 Å². The summed E-state index contributed by atoms with van der Waals surface area (Å²) in [4.78, 5) is 36.7. The van der Waals surface area contributed by atoms with Crippen molar-refractivity contribution < 1.29 is 32.0 Å². The van der Waals surface area contributed by atoms with Gasteiger partial charge in [-0.05, 0) is 73.2 Å². The maximum Gasteiger partial charge on any atom is 0.270 e. The zero-order chi connectivity index (χ0) is 37.6. The number of halogens is 2. The lowest BCUT2D eigenvalue weighted by molar-refractivity contribution is 0.0619. The van der Waals surface area contributed by atoms with E-state index in [-0.39, 0.29) is 11.8 Å². The van der Waals surface area contributed by atoms with Crippen molar-refractivity contribution in [2.75, 3.05) is 51.0 Å². The molecule has 0 atom stereocenters. The fourth-order valence-electron chi connectivity index (χ4n) is 5.68. The van der Waals surface area contributed by atoms with Crippen molar-refractivity contribution in [3.63, 3.8) is 0 Å². The van der Waals surface area contributed by atoms with Crippen LogP contribution >= 0.6 is 23.2 Å². The second kappa shape index (κ2) is 16.8. The fraction of sp³-hybridized carbons (Fsp3) is 0.270. The zero-order valence-electron chi connectivity index (χ0n) is 29.1. The van der Waals surface area contributed by atoms with E-state index in [0.717, 1.165) is 36.3 Å². The molecule has 1 N–H and O–H groups in total. The minimum Gasteiger partial charge on any atom is -0.494 e. The summed E-state index contributed by atoms with van der Waals surface area (Å²) in [5, 5.41) is 1.59. The van der Waals surface area contributed by atoms with E-state index in [1.807, 2.05) is 59.8 Å². The number of fused-ring (bicyclic) bond motifs is 1. The highest BCUT2D eigenvalue weighted by Crippen LogP contribution is 2.29. The monoisotopic (exact) mass is 767 g/mol. The van der Waals surface area contributed by atoms with Gasteiger partial charge in [-0.1, -0.05) is 35.3 Å². The van der Waals surface area contributed by atoms with Gasteiger partial charge >= 0.3 is 0 Å². The smallest absolute Gasteiger partial charge is 0.270 e. The Bertz CT molecular complexity index is 2140. The average Bonchev–Trinajstić information content (AvgIpc) is 3.44. The van der Waals surface area contributed by atoms with E-state index < -0.39 is 10.1 Å². The first-order valence-electron chi connectivity index (χ1n) is 16.3. The van der Waals surface area contributed by atoms with Crippen LogP contribution in [0.2, 0.25) is 10.0 Å². The summed E-state index contributed by atoms with van der Waals surface area (Å²) in [5.74, 6) is 1.61. The molecule has 0 aliphatic carbocycles. The molecule has 0 unspecified atom stereocenters. The molecule has 1 aliphatic rings. The number of aromatic nitrogens is 2. The lowest BCUT2D eigenvalue weighted by atomic mass is 10.2. The molecule has 0 saturated carbocycles. The van der Waals surface area contributed by atoms with Gasteiger partial charge in [0, 0.05) is 69.4 Å². The first-order valence-corrected chi connectivity index (χ1v) is 18.9. The second-order valence-electron chi connectivity index (χ2n) is 12.1. The van der Waals surface area contributed by atoms with E-state index in [4.69, 9.17) is 37.2 Å². The molecule has 0 radical (unpaired) electrons. The highest BCUT2D eigenvalue weighted by molar-refractivity contribution is 7.85. The first kappa shape index (κ1) is 38.6. The largest absolute Gasteiger partial charge is 0.494 e. The predicted octanol–water partition coefficient (Wildman–Crippen LogP) is 6.81. The van der Waals surface area contributed by atoms with Crippen molar-refractivity contribution >= 4 is 61.7 Å². The Morgan fingerprint density at radius 3 is 2.19 bits per heavy atom. The summed E-state index contributed by atoms with van der Waals surface area (Å²) in [7, 11) is -0.0950. The van der Waals surface area contributed by atoms with Crippen LogP contribution in [0.5, 0.6) is 17.4 Å². The maximum atomic E-state index is 13.6. The van der Waals surface area contributed by atoms with Crippen molar-refractivity contribution in [2.24, 2.45) is 7.05 Å². The van der Waals surface area contributed by atoms with Crippen molar-refractivity contribution in [1.29, 1.82) is 0 Å². The van der Waals surface area contributed by atoms with Crippen molar-refractivity contribution in [3.05, 3.63) is 112 Å². The summed E-state index contributed by atoms with van der Waals surface area (Å²) in [6, 6.07) is 24.0. The first-order chi connectivity index (χ1) is 24.7. The van der Waals surface area contributed by atoms with Gasteiger partial charge in [-0.2, -0.15) is 8.42 Å². The number of ether oxygens (including phenoxy) is 2. The molecule has 5 aromatic rings. The molecule has 274 valence electrons. The fourth-order valence-corrected chi connectivity index (χ4v) is 5.97. The molecule has 1 saturated heterocycles. The third-order valence-corrected chi connectivity index (χ3v) is 9.07. The standard InChI is InChI=1S/C36H35Cl2N5O4.CH4O3S/c1-4-46-28-9-5-24(6-10-28)23-42-15-17-43(18-16-42)36(45)33-21-26-19-29(11-13-32(26)41(33)3)47-34-14-8-27(22-39-34)40(2)35(44)25-7-12-30(37)31(38)20-25;1-5(2,3)4/h5-14,19-22H,4,15-18,23H2,1-3H3;1H3,(H,2,3,4). The molecular weight excluding hydrogens is 729 g/mol. The molecule has 2 amide bonds. The predicted molar refractivity (Wildman–Crippen MR) is 203 cm³/mol. The highest BCUT2D eigenvalue weighted by Gasteiger charge is 2.25. The molecule has 0 spiro atoms. The topological polar surface area (TPSA) is 135 Å². The third kappa shape index (κ3) is 10.0. The number of hydrogen-bond acceptors (Lipinski definition) is 8. The Morgan fingerprint density at radius 1 is 0.904 bits per heavy atom. The van der Waals surface area contributed by atoms with E-state index in [1.54, 1.807) is 43.6 Å². The Labute approximate surface area is 312 Å². The van der Waals surface area contributed by atoms with E-state index >= 15 is 0 Å². The number of anilines is 1. The molecule has 12 nitrogen and oxygen atoms in total. The van der Waals surface area contributed by atoms with Crippen molar-refractivity contribution in [2.45, 2.75) is 13.5 Å². The number of nitrogens with zero attached hydrogens (tertiary/aromatic N) is 5. The highest BCUT2D eigenvalue weighted by atomic mass is 35.5. The second-order valence-corrected chi connectivity index (χ2v) is 14.4. The van der Waals surface area contributed by atoms with Crippen molar-refractivity contribution in [3.8, 4) is 17.4 Å². The lowest BCUT2D eigenvalue weighted by Crippen LogP contribution is -2.48. The Morgan fingerprint density at radius 2 is 1.58 bits per heavy atom. The van der Waals surface area contributed by atoms with Crippen molar-refractivity contribution in [1.82, 2.24) is 19.4 Å². The van der Waals surface area contributed by atoms with Gasteiger partial charge < -0.3 is 23.8 Å². The van der Waals surface area contributed by atoms with Gasteiger partial charge in [0.25, 0.3) is 21.9 Å². The Balaban J connectivity index is 0.000000979. The van der Waals surface area contributed by atoms with Gasteiger partial charge in [0.15, 0.2) is 0 Å². The zero-order valence-corrected chi connectivity index (χ0v) is 31.5. The van der Waals surface area contributed by atoms with Crippen LogP contribution in [0.3, 0.4) is 0 Å². The summed E-state index contributed by atoms with van der Waals surface area (Å²) < 4.78 is 39.4. The van der Waals surface area contributed by atoms with Gasteiger partial charge in [-0.3, -0.25) is 19.0 Å². The van der Waals surface area contributed by atoms with Crippen LogP contribution in [0.4, 0.5) is 5.69 Å². The molecule has 3 heterocycles. The SMILES string of the molecule is CCOc1ccc(CN2CCN(C(=O)c3cc4cc(Oc5ccc(N(C)C(=O)c6ccc(Cl)c(Cl)c6)cn5)ccc4n3C)CC2)cc1.CS(=O)(=O)O. The number of carbonyl (C=O) groups is 2. The summed E-state index contributed by atoms with van der Waals surface area (Å²) in [5.41, 5.74) is 3.80. The molecule has 2 aromatic heterocycles. The van der Waals surface area contributed by atoms with E-state index in [0.29, 0.717) is 64.6 Å². The van der Waals surface area contributed by atoms with E-state index in [2.05, 4.69) is 22.0 Å². The van der Waals surface area contributed by atoms with Crippen LogP contribution in [0, 0.1) is 0 Å². The molecule has 52 heavy (non-hydrogen) atoms. The number of aryl methyl sites for hydroxylation is 1. The van der Waals surface area contributed by atoms with Gasteiger partial charge in [0.05, 0.1) is 34.8 Å². The van der Waals surface area contributed by atoms with Gasteiger partial charge in [-0.25, -0.2) is 4.98 Å². The minimum absolute atomic E-state index is 0.0173. The van der Waals surface area contributed by atoms with Crippen LogP contribution in [-0.4, -0.2) is 90.2 Å². The molecule has 1 fully saturated rings.